The number of piperazine rings is 1. The second kappa shape index (κ2) is 8.70. The Labute approximate surface area is 185 Å². The van der Waals surface area contributed by atoms with Crippen molar-refractivity contribution in [1.29, 1.82) is 0 Å². The monoisotopic (exact) mass is 436 g/mol. The second-order valence-electron chi connectivity index (χ2n) is 7.01. The smallest absolute Gasteiger partial charge is 0.255 e. The number of benzene rings is 3. The molecule has 1 aliphatic rings. The van der Waals surface area contributed by atoms with E-state index in [0.29, 0.717) is 33.5 Å². The molecule has 2 amide bonds. The number of carbonyl (C=O) groups is 2. The van der Waals surface area contributed by atoms with Crippen molar-refractivity contribution in [2.24, 2.45) is 0 Å². The highest BCUT2D eigenvalue weighted by Crippen LogP contribution is 2.38. The van der Waals surface area contributed by atoms with Crippen LogP contribution in [0.2, 0.25) is 5.02 Å². The minimum atomic E-state index is -0.849. The maximum Gasteiger partial charge on any atom is 0.255 e. The number of halogens is 1. The molecule has 7 heteroatoms. The first kappa shape index (κ1) is 20.8. The van der Waals surface area contributed by atoms with Gasteiger partial charge in [0.2, 0.25) is 5.91 Å². The Morgan fingerprint density at radius 1 is 0.871 bits per heavy atom. The molecule has 0 radical (unpaired) electrons. The molecule has 0 N–H and O–H groups in total. The Bertz CT molecular complexity index is 1100. The largest absolute Gasteiger partial charge is 0.497 e. The minimum Gasteiger partial charge on any atom is -0.497 e. The highest BCUT2D eigenvalue weighted by Gasteiger charge is 2.42. The van der Waals surface area contributed by atoms with E-state index >= 15 is 0 Å². The lowest BCUT2D eigenvalue weighted by atomic mass is 9.99. The molecule has 1 heterocycles. The molecule has 1 atom stereocenters. The summed E-state index contributed by atoms with van der Waals surface area (Å²) < 4.78 is 10.7. The molecule has 1 saturated heterocycles. The quantitative estimate of drug-likeness (QED) is 0.591. The number of nitrogens with zero attached hydrogens (tertiary/aromatic N) is 2. The van der Waals surface area contributed by atoms with E-state index in [9.17, 15) is 9.59 Å². The fourth-order valence-corrected chi connectivity index (χ4v) is 3.85. The third kappa shape index (κ3) is 3.94. The number of rotatable bonds is 5. The number of ether oxygens (including phenoxy) is 2. The first-order valence-corrected chi connectivity index (χ1v) is 10.1. The standard InChI is InChI=1S/C24H21ClN2O4/c1-30-19-13-7-16(8-14-19)23-24(29)26(20-5-3-4-6-21(20)31-2)15-22(28)27(23)18-11-9-17(25)10-12-18/h3-14,23H,15H2,1-2H3/t23-/m0/s1. The number of anilines is 2. The summed E-state index contributed by atoms with van der Waals surface area (Å²) in [5.41, 5.74) is 1.83. The van der Waals surface area contributed by atoms with Crippen LogP contribution < -0.4 is 19.3 Å². The van der Waals surface area contributed by atoms with E-state index in [-0.39, 0.29) is 18.4 Å². The van der Waals surface area contributed by atoms with Crippen molar-refractivity contribution in [2.45, 2.75) is 6.04 Å². The Balaban J connectivity index is 1.82. The summed E-state index contributed by atoms with van der Waals surface area (Å²) >= 11 is 6.03. The van der Waals surface area contributed by atoms with Crippen molar-refractivity contribution in [3.8, 4) is 11.5 Å². The zero-order chi connectivity index (χ0) is 22.0. The third-order valence-corrected chi connectivity index (χ3v) is 5.48. The molecular formula is C24H21ClN2O4. The summed E-state index contributed by atoms with van der Waals surface area (Å²) in [6.07, 6.45) is 0. The van der Waals surface area contributed by atoms with Gasteiger partial charge in [-0.25, -0.2) is 0 Å². The molecule has 3 aromatic rings. The lowest BCUT2D eigenvalue weighted by Crippen LogP contribution is -2.56. The average molecular weight is 437 g/mol. The van der Waals surface area contributed by atoms with E-state index in [0.717, 1.165) is 0 Å². The Morgan fingerprint density at radius 3 is 2.19 bits per heavy atom. The van der Waals surface area contributed by atoms with Gasteiger partial charge in [-0.3, -0.25) is 19.4 Å². The molecule has 0 aliphatic carbocycles. The van der Waals surface area contributed by atoms with Gasteiger partial charge in [0.25, 0.3) is 5.91 Å². The van der Waals surface area contributed by atoms with E-state index in [1.54, 1.807) is 67.8 Å². The summed E-state index contributed by atoms with van der Waals surface area (Å²) in [7, 11) is 3.11. The summed E-state index contributed by atoms with van der Waals surface area (Å²) in [5, 5.41) is 0.552. The predicted molar refractivity (Wildman–Crippen MR) is 120 cm³/mol. The van der Waals surface area contributed by atoms with Crippen LogP contribution in [-0.2, 0) is 9.59 Å². The first-order valence-electron chi connectivity index (χ1n) is 9.69. The van der Waals surface area contributed by atoms with Crippen LogP contribution in [0.5, 0.6) is 11.5 Å². The second-order valence-corrected chi connectivity index (χ2v) is 7.45. The van der Waals surface area contributed by atoms with Crippen molar-refractivity contribution < 1.29 is 19.1 Å². The van der Waals surface area contributed by atoms with Gasteiger partial charge in [-0.15, -0.1) is 0 Å². The molecule has 0 bridgehead atoms. The van der Waals surface area contributed by atoms with Crippen molar-refractivity contribution in [1.82, 2.24) is 0 Å². The highest BCUT2D eigenvalue weighted by molar-refractivity contribution is 6.30. The maximum absolute atomic E-state index is 13.8. The van der Waals surface area contributed by atoms with Crippen LogP contribution in [0.4, 0.5) is 11.4 Å². The van der Waals surface area contributed by atoms with Gasteiger partial charge in [0.1, 0.15) is 24.1 Å². The summed E-state index contributed by atoms with van der Waals surface area (Å²) in [4.78, 5) is 30.1. The summed E-state index contributed by atoms with van der Waals surface area (Å²) in [5.74, 6) is 0.743. The van der Waals surface area contributed by atoms with Crippen LogP contribution in [0.15, 0.2) is 72.8 Å². The van der Waals surface area contributed by atoms with Gasteiger partial charge in [-0.05, 0) is 54.1 Å². The number of para-hydroxylation sites is 2. The molecule has 0 unspecified atom stereocenters. The van der Waals surface area contributed by atoms with Crippen LogP contribution in [0.1, 0.15) is 11.6 Å². The van der Waals surface area contributed by atoms with Crippen LogP contribution in [0.3, 0.4) is 0 Å². The number of hydrogen-bond donors (Lipinski definition) is 0. The number of carbonyl (C=O) groups excluding carboxylic acids is 2. The molecule has 0 aromatic heterocycles. The Morgan fingerprint density at radius 2 is 1.55 bits per heavy atom. The summed E-state index contributed by atoms with van der Waals surface area (Å²) in [6, 6.07) is 20.3. The van der Waals surface area contributed by atoms with Gasteiger partial charge in [0.05, 0.1) is 19.9 Å². The van der Waals surface area contributed by atoms with Crippen molar-refractivity contribution in [3.05, 3.63) is 83.4 Å². The Kier molecular flexibility index (Phi) is 5.82. The molecule has 0 spiro atoms. The molecule has 1 fully saturated rings. The summed E-state index contributed by atoms with van der Waals surface area (Å²) in [6.45, 7) is -0.103. The number of hydrogen-bond acceptors (Lipinski definition) is 4. The van der Waals surface area contributed by atoms with Gasteiger partial charge in [-0.2, -0.15) is 0 Å². The third-order valence-electron chi connectivity index (χ3n) is 5.23. The highest BCUT2D eigenvalue weighted by atomic mass is 35.5. The van der Waals surface area contributed by atoms with Gasteiger partial charge in [0, 0.05) is 10.7 Å². The lowest BCUT2D eigenvalue weighted by molar-refractivity contribution is -0.128. The van der Waals surface area contributed by atoms with E-state index in [1.165, 1.54) is 16.9 Å². The molecule has 0 saturated carbocycles. The zero-order valence-corrected chi connectivity index (χ0v) is 17.9. The lowest BCUT2D eigenvalue weighted by Gasteiger charge is -2.40. The van der Waals surface area contributed by atoms with Gasteiger partial charge in [-0.1, -0.05) is 35.9 Å². The molecule has 4 rings (SSSR count). The average Bonchev–Trinajstić information content (AvgIpc) is 2.81. The molecule has 6 nitrogen and oxygen atoms in total. The molecule has 158 valence electrons. The number of methoxy groups -OCH3 is 2. The Hall–Kier alpha value is -3.51. The topological polar surface area (TPSA) is 59.1 Å². The van der Waals surface area contributed by atoms with E-state index in [1.807, 2.05) is 12.1 Å². The van der Waals surface area contributed by atoms with Crippen LogP contribution in [-0.4, -0.2) is 32.6 Å². The van der Waals surface area contributed by atoms with Gasteiger partial charge >= 0.3 is 0 Å². The SMILES string of the molecule is COc1ccc([C@H]2C(=O)N(c3ccccc3OC)CC(=O)N2c2ccc(Cl)cc2)cc1. The maximum atomic E-state index is 13.8. The molecule has 1 aliphatic heterocycles. The molecular weight excluding hydrogens is 416 g/mol. The van der Waals surface area contributed by atoms with Crippen LogP contribution >= 0.6 is 11.6 Å². The normalized spacial score (nSPS) is 16.4. The van der Waals surface area contributed by atoms with Gasteiger partial charge in [0.15, 0.2) is 0 Å². The van der Waals surface area contributed by atoms with Gasteiger partial charge < -0.3 is 9.47 Å². The van der Waals surface area contributed by atoms with Crippen molar-refractivity contribution in [2.75, 3.05) is 30.6 Å². The number of amides is 2. The predicted octanol–water partition coefficient (Wildman–Crippen LogP) is 4.48. The van der Waals surface area contributed by atoms with E-state index in [4.69, 9.17) is 21.1 Å². The van der Waals surface area contributed by atoms with E-state index < -0.39 is 6.04 Å². The fourth-order valence-electron chi connectivity index (χ4n) is 3.72. The van der Waals surface area contributed by atoms with Crippen LogP contribution in [0, 0.1) is 0 Å². The minimum absolute atomic E-state index is 0.103. The molecule has 31 heavy (non-hydrogen) atoms. The van der Waals surface area contributed by atoms with Crippen molar-refractivity contribution >= 4 is 34.8 Å². The zero-order valence-electron chi connectivity index (χ0n) is 17.1. The first-order chi connectivity index (χ1) is 15.0. The fraction of sp³-hybridized carbons (Fsp3) is 0.167. The van der Waals surface area contributed by atoms with E-state index in [2.05, 4.69) is 0 Å². The van der Waals surface area contributed by atoms with Crippen molar-refractivity contribution in [3.63, 3.8) is 0 Å². The molecule has 3 aromatic carbocycles. The van der Waals surface area contributed by atoms with Crippen LogP contribution in [0.25, 0.3) is 0 Å².